The first kappa shape index (κ1) is 20.0. The minimum Gasteiger partial charge on any atom is -0.309 e. The highest BCUT2D eigenvalue weighted by molar-refractivity contribution is 6.24. The summed E-state index contributed by atoms with van der Waals surface area (Å²) in [6.45, 7) is 1.82. The number of hydrogen-bond donors (Lipinski definition) is 1. The summed E-state index contributed by atoms with van der Waals surface area (Å²) >= 11 is 0. The molecule has 0 spiro atoms. The summed E-state index contributed by atoms with van der Waals surface area (Å²) in [7, 11) is 0. The quantitative estimate of drug-likeness (QED) is 0.371. The molecule has 3 aromatic rings. The Bertz CT molecular complexity index is 1230. The molecule has 0 aliphatic carbocycles. The van der Waals surface area contributed by atoms with E-state index in [-0.39, 0.29) is 11.1 Å². The highest BCUT2D eigenvalue weighted by atomic mass is 16.6. The number of benzene rings is 2. The molecule has 10 heteroatoms. The smallest absolute Gasteiger partial charge is 0.282 e. The molecular formula is C21H17N5O5. The second-order valence-electron chi connectivity index (χ2n) is 7.06. The van der Waals surface area contributed by atoms with Crippen LogP contribution in [-0.2, 0) is 11.3 Å². The molecule has 0 atom stereocenters. The van der Waals surface area contributed by atoms with Gasteiger partial charge < -0.3 is 5.32 Å². The molecule has 0 saturated heterocycles. The van der Waals surface area contributed by atoms with E-state index in [1.54, 1.807) is 10.7 Å². The van der Waals surface area contributed by atoms with Crippen LogP contribution in [0.15, 0.2) is 54.7 Å². The molecule has 0 unspecified atom stereocenters. The standard InChI is InChI=1S/C21H17N5O5/c1-13-4-2-5-14(10-13)11-25-17(8-9-22-25)23-18(27)12-24-20(28)15-6-3-7-16(26(30)31)19(15)21(24)29/h2-10H,11-12H2,1H3,(H,23,27). The average molecular weight is 419 g/mol. The maximum Gasteiger partial charge on any atom is 0.282 e. The first-order chi connectivity index (χ1) is 14.8. The van der Waals surface area contributed by atoms with Crippen molar-refractivity contribution < 1.29 is 19.3 Å². The second kappa shape index (κ2) is 7.82. The zero-order chi connectivity index (χ0) is 22.1. The highest BCUT2D eigenvalue weighted by Crippen LogP contribution is 2.30. The lowest BCUT2D eigenvalue weighted by molar-refractivity contribution is -0.385. The minimum atomic E-state index is -0.865. The van der Waals surface area contributed by atoms with Crippen molar-refractivity contribution in [3.63, 3.8) is 0 Å². The molecule has 3 amide bonds. The predicted molar refractivity (Wildman–Crippen MR) is 110 cm³/mol. The van der Waals surface area contributed by atoms with Crippen LogP contribution in [0, 0.1) is 17.0 Å². The fraction of sp³-hybridized carbons (Fsp3) is 0.143. The first-order valence-corrected chi connectivity index (χ1v) is 9.36. The van der Waals surface area contributed by atoms with Crippen LogP contribution in [0.4, 0.5) is 11.5 Å². The Kier molecular flexibility index (Phi) is 5.04. The number of nitrogens with zero attached hydrogens (tertiary/aromatic N) is 4. The van der Waals surface area contributed by atoms with E-state index in [1.165, 1.54) is 18.3 Å². The number of hydrogen-bond acceptors (Lipinski definition) is 6. The van der Waals surface area contributed by atoms with Crippen molar-refractivity contribution >= 4 is 29.2 Å². The van der Waals surface area contributed by atoms with Crippen molar-refractivity contribution in [1.29, 1.82) is 0 Å². The Labute approximate surface area is 176 Å². The fourth-order valence-electron chi connectivity index (χ4n) is 3.49. The largest absolute Gasteiger partial charge is 0.309 e. The van der Waals surface area contributed by atoms with Crippen LogP contribution >= 0.6 is 0 Å². The lowest BCUT2D eigenvalue weighted by atomic mass is 10.1. The zero-order valence-corrected chi connectivity index (χ0v) is 16.4. The van der Waals surface area contributed by atoms with Crippen molar-refractivity contribution in [3.05, 3.63) is 87.1 Å². The Morgan fingerprint density at radius 2 is 1.90 bits per heavy atom. The molecule has 2 aromatic carbocycles. The van der Waals surface area contributed by atoms with Crippen LogP contribution in [-0.4, -0.2) is 43.9 Å². The van der Waals surface area contributed by atoms with Crippen LogP contribution in [0.5, 0.6) is 0 Å². The van der Waals surface area contributed by atoms with E-state index in [4.69, 9.17) is 0 Å². The summed E-state index contributed by atoms with van der Waals surface area (Å²) in [5.74, 6) is -1.83. The van der Waals surface area contributed by atoms with Gasteiger partial charge in [0.1, 0.15) is 17.9 Å². The van der Waals surface area contributed by atoms with Gasteiger partial charge in [0.25, 0.3) is 17.5 Å². The molecule has 156 valence electrons. The van der Waals surface area contributed by atoms with Gasteiger partial charge in [-0.05, 0) is 18.6 Å². The molecule has 0 bridgehead atoms. The van der Waals surface area contributed by atoms with Crippen molar-refractivity contribution in [2.75, 3.05) is 11.9 Å². The third kappa shape index (κ3) is 3.78. The summed E-state index contributed by atoms with van der Waals surface area (Å²) in [5.41, 5.74) is 1.24. The summed E-state index contributed by atoms with van der Waals surface area (Å²) in [6, 6.07) is 13.2. The fourth-order valence-corrected chi connectivity index (χ4v) is 3.49. The molecule has 31 heavy (non-hydrogen) atoms. The predicted octanol–water partition coefficient (Wildman–Crippen LogP) is 2.38. The van der Waals surface area contributed by atoms with E-state index >= 15 is 0 Å². The highest BCUT2D eigenvalue weighted by Gasteiger charge is 2.41. The third-order valence-corrected chi connectivity index (χ3v) is 4.87. The molecule has 10 nitrogen and oxygen atoms in total. The van der Waals surface area contributed by atoms with Gasteiger partial charge in [0, 0.05) is 12.1 Å². The number of aryl methyl sites for hydroxylation is 1. The minimum absolute atomic E-state index is 0.0866. The molecule has 1 aliphatic rings. The summed E-state index contributed by atoms with van der Waals surface area (Å²) in [5, 5.41) is 18.0. The molecule has 1 aromatic heterocycles. The Hall–Kier alpha value is -4.34. The number of nitro benzene ring substituents is 1. The van der Waals surface area contributed by atoms with Gasteiger partial charge in [0.15, 0.2) is 0 Å². The van der Waals surface area contributed by atoms with Crippen LogP contribution in [0.25, 0.3) is 0 Å². The average Bonchev–Trinajstić information content (AvgIpc) is 3.25. The van der Waals surface area contributed by atoms with Gasteiger partial charge in [-0.25, -0.2) is 4.68 Å². The van der Waals surface area contributed by atoms with Crippen molar-refractivity contribution in [2.45, 2.75) is 13.5 Å². The molecule has 1 aliphatic heterocycles. The zero-order valence-electron chi connectivity index (χ0n) is 16.4. The number of fused-ring (bicyclic) bond motifs is 1. The Morgan fingerprint density at radius 3 is 2.65 bits per heavy atom. The van der Waals surface area contributed by atoms with Crippen LogP contribution in [0.2, 0.25) is 0 Å². The maximum absolute atomic E-state index is 12.6. The summed E-state index contributed by atoms with van der Waals surface area (Å²) in [4.78, 5) is 48.9. The molecule has 0 radical (unpaired) electrons. The van der Waals surface area contributed by atoms with E-state index in [0.29, 0.717) is 17.3 Å². The first-order valence-electron chi connectivity index (χ1n) is 9.36. The lowest BCUT2D eigenvalue weighted by Crippen LogP contribution is -2.37. The number of amides is 3. The molecule has 0 fully saturated rings. The van der Waals surface area contributed by atoms with Crippen LogP contribution in [0.3, 0.4) is 0 Å². The van der Waals surface area contributed by atoms with Crippen molar-refractivity contribution in [1.82, 2.24) is 14.7 Å². The van der Waals surface area contributed by atoms with E-state index < -0.39 is 34.9 Å². The Morgan fingerprint density at radius 1 is 1.13 bits per heavy atom. The molecule has 4 rings (SSSR count). The molecular weight excluding hydrogens is 402 g/mol. The number of anilines is 1. The van der Waals surface area contributed by atoms with Gasteiger partial charge in [0.2, 0.25) is 5.91 Å². The van der Waals surface area contributed by atoms with Gasteiger partial charge in [-0.1, -0.05) is 35.9 Å². The van der Waals surface area contributed by atoms with Gasteiger partial charge in [-0.3, -0.25) is 29.4 Å². The van der Waals surface area contributed by atoms with E-state index in [1.807, 2.05) is 31.2 Å². The van der Waals surface area contributed by atoms with E-state index in [9.17, 15) is 24.5 Å². The number of carbonyl (C=O) groups is 3. The van der Waals surface area contributed by atoms with Crippen LogP contribution < -0.4 is 5.32 Å². The number of imide groups is 1. The molecule has 0 saturated carbocycles. The number of nitrogens with one attached hydrogen (secondary N) is 1. The SMILES string of the molecule is Cc1cccc(Cn2nccc2NC(=O)CN2C(=O)c3cccc([N+](=O)[O-])c3C2=O)c1. The van der Waals surface area contributed by atoms with E-state index in [2.05, 4.69) is 10.4 Å². The lowest BCUT2D eigenvalue weighted by Gasteiger charge is -2.14. The Balaban J connectivity index is 1.49. The van der Waals surface area contributed by atoms with Gasteiger partial charge in [0.05, 0.1) is 23.2 Å². The maximum atomic E-state index is 12.6. The molecule has 2 heterocycles. The number of carbonyl (C=O) groups excluding carboxylic acids is 3. The van der Waals surface area contributed by atoms with Gasteiger partial charge in [-0.15, -0.1) is 0 Å². The normalized spacial score (nSPS) is 12.7. The summed E-state index contributed by atoms with van der Waals surface area (Å²) < 4.78 is 1.58. The number of aromatic nitrogens is 2. The van der Waals surface area contributed by atoms with Crippen molar-refractivity contribution in [3.8, 4) is 0 Å². The summed E-state index contributed by atoms with van der Waals surface area (Å²) in [6.07, 6.45) is 1.52. The van der Waals surface area contributed by atoms with Crippen LogP contribution in [0.1, 0.15) is 31.8 Å². The number of nitro groups is 1. The van der Waals surface area contributed by atoms with E-state index in [0.717, 1.165) is 17.2 Å². The van der Waals surface area contributed by atoms with Gasteiger partial charge >= 0.3 is 0 Å². The molecule has 1 N–H and O–H groups in total. The third-order valence-electron chi connectivity index (χ3n) is 4.87. The topological polar surface area (TPSA) is 127 Å². The second-order valence-corrected chi connectivity index (χ2v) is 7.06. The van der Waals surface area contributed by atoms with Gasteiger partial charge in [-0.2, -0.15) is 5.10 Å². The monoisotopic (exact) mass is 419 g/mol. The number of rotatable bonds is 6. The van der Waals surface area contributed by atoms with Crippen molar-refractivity contribution in [2.24, 2.45) is 0 Å².